The van der Waals surface area contributed by atoms with Crippen LogP contribution >= 0.6 is 24.0 Å². The van der Waals surface area contributed by atoms with E-state index in [1.807, 2.05) is 13.0 Å². The zero-order chi connectivity index (χ0) is 19.0. The highest BCUT2D eigenvalue weighted by molar-refractivity contribution is 14.0. The Labute approximate surface area is 173 Å². The van der Waals surface area contributed by atoms with Crippen LogP contribution in [0.25, 0.3) is 0 Å². The zero-order valence-electron chi connectivity index (χ0n) is 15.0. The summed E-state index contributed by atoms with van der Waals surface area (Å²) in [7, 11) is 0. The molecular weight excluding hydrogens is 476 g/mol. The molecule has 0 saturated carbocycles. The number of ether oxygens (including phenoxy) is 1. The summed E-state index contributed by atoms with van der Waals surface area (Å²) < 4.78 is 42.2. The van der Waals surface area contributed by atoms with Crippen LogP contribution in [-0.2, 0) is 11.2 Å². The van der Waals surface area contributed by atoms with Crippen LogP contribution < -0.4 is 20.7 Å². The number of alkyl halides is 3. The van der Waals surface area contributed by atoms with Crippen molar-refractivity contribution in [1.29, 1.82) is 0 Å². The van der Waals surface area contributed by atoms with Crippen molar-refractivity contribution in [2.24, 2.45) is 4.99 Å². The number of halogens is 4. The monoisotopic (exact) mass is 500 g/mol. The van der Waals surface area contributed by atoms with Crippen molar-refractivity contribution in [2.45, 2.75) is 32.4 Å². The Bertz CT molecular complexity index is 654. The third kappa shape index (κ3) is 8.67. The van der Waals surface area contributed by atoms with Crippen molar-refractivity contribution >= 4 is 41.5 Å². The topological polar surface area (TPSA) is 74.8 Å². The number of carbonyl (C=O) groups is 1. The van der Waals surface area contributed by atoms with Gasteiger partial charge in [-0.05, 0) is 37.1 Å². The molecule has 0 unspecified atom stereocenters. The maximum Gasteiger partial charge on any atom is 0.390 e. The average Bonchev–Trinajstić information content (AvgIpc) is 2.57. The number of fused-ring (bicyclic) bond motifs is 1. The number of benzene rings is 1. The van der Waals surface area contributed by atoms with Gasteiger partial charge in [0.1, 0.15) is 12.4 Å². The van der Waals surface area contributed by atoms with Gasteiger partial charge in [-0.25, -0.2) is 0 Å². The number of carbonyl (C=O) groups excluding carboxylic acids is 1. The number of guanidine groups is 1. The summed E-state index contributed by atoms with van der Waals surface area (Å²) in [5, 5.41) is 8.63. The summed E-state index contributed by atoms with van der Waals surface area (Å²) in [4.78, 5) is 15.2. The Morgan fingerprint density at radius 2 is 2.07 bits per heavy atom. The highest BCUT2D eigenvalue weighted by Crippen LogP contribution is 2.26. The molecule has 2 rings (SSSR count). The first-order chi connectivity index (χ1) is 12.4. The highest BCUT2D eigenvalue weighted by Gasteiger charge is 2.26. The minimum atomic E-state index is -4.21. The van der Waals surface area contributed by atoms with E-state index in [0.717, 1.165) is 11.3 Å². The van der Waals surface area contributed by atoms with Gasteiger partial charge in [0.2, 0.25) is 5.91 Å². The molecule has 0 spiro atoms. The maximum atomic E-state index is 12.2. The van der Waals surface area contributed by atoms with Gasteiger partial charge >= 0.3 is 6.18 Å². The normalized spacial score (nSPS) is 13.9. The lowest BCUT2D eigenvalue weighted by atomic mass is 10.0. The molecule has 0 saturated heterocycles. The molecule has 1 aromatic carbocycles. The first-order valence-electron chi connectivity index (χ1n) is 8.52. The molecule has 1 aliphatic rings. The number of anilines is 1. The summed E-state index contributed by atoms with van der Waals surface area (Å²) in [6, 6.07) is 5.46. The molecule has 1 amide bonds. The third-order valence-electron chi connectivity index (χ3n) is 3.64. The summed E-state index contributed by atoms with van der Waals surface area (Å²) >= 11 is 0. The van der Waals surface area contributed by atoms with Gasteiger partial charge in [0.05, 0.1) is 19.5 Å². The lowest BCUT2D eigenvalue weighted by molar-refractivity contribution is -0.132. The van der Waals surface area contributed by atoms with E-state index in [1.165, 1.54) is 0 Å². The lowest BCUT2D eigenvalue weighted by Crippen LogP contribution is -2.39. The smallest absolute Gasteiger partial charge is 0.390 e. The molecule has 1 aliphatic heterocycles. The highest BCUT2D eigenvalue weighted by atomic mass is 127. The van der Waals surface area contributed by atoms with Crippen LogP contribution in [0.3, 0.4) is 0 Å². The van der Waals surface area contributed by atoms with Crippen molar-refractivity contribution in [3.05, 3.63) is 23.8 Å². The number of rotatable bonds is 7. The van der Waals surface area contributed by atoms with Gasteiger partial charge in [0, 0.05) is 18.7 Å². The standard InChI is InChI=1S/C17H23F3N4O2.HI/c1-2-21-16(22-8-7-17(18,19)20)23-9-10-26-13-4-5-14-12(11-13)3-6-15(25)24-14;/h4-5,11H,2-3,6-10H2,1H3,(H,24,25)(H2,21,22,23);1H. The van der Waals surface area contributed by atoms with Crippen molar-refractivity contribution in [2.75, 3.05) is 31.6 Å². The van der Waals surface area contributed by atoms with E-state index in [4.69, 9.17) is 4.74 Å². The number of amides is 1. The SMILES string of the molecule is CCNC(=NCCC(F)(F)F)NCCOc1ccc2c(c1)CCC(=O)N2.I. The Hall–Kier alpha value is -1.72. The molecular formula is C17H24F3IN4O2. The number of hydrogen-bond acceptors (Lipinski definition) is 3. The molecule has 6 nitrogen and oxygen atoms in total. The van der Waals surface area contributed by atoms with Crippen LogP contribution in [0.5, 0.6) is 5.75 Å². The van der Waals surface area contributed by atoms with E-state index < -0.39 is 12.6 Å². The van der Waals surface area contributed by atoms with Crippen LogP contribution in [0, 0.1) is 0 Å². The Morgan fingerprint density at radius 1 is 1.30 bits per heavy atom. The predicted molar refractivity (Wildman–Crippen MR) is 109 cm³/mol. The van der Waals surface area contributed by atoms with Crippen LogP contribution in [0.4, 0.5) is 18.9 Å². The van der Waals surface area contributed by atoms with E-state index >= 15 is 0 Å². The third-order valence-corrected chi connectivity index (χ3v) is 3.64. The number of hydrogen-bond donors (Lipinski definition) is 3. The van der Waals surface area contributed by atoms with Crippen molar-refractivity contribution in [3.63, 3.8) is 0 Å². The van der Waals surface area contributed by atoms with E-state index in [0.29, 0.717) is 44.2 Å². The lowest BCUT2D eigenvalue weighted by Gasteiger charge is -2.18. The second-order valence-electron chi connectivity index (χ2n) is 5.77. The molecule has 0 radical (unpaired) electrons. The molecule has 0 fully saturated rings. The fourth-order valence-corrected chi connectivity index (χ4v) is 2.42. The molecule has 0 atom stereocenters. The second-order valence-corrected chi connectivity index (χ2v) is 5.77. The average molecular weight is 500 g/mol. The van der Waals surface area contributed by atoms with Gasteiger partial charge in [-0.2, -0.15) is 13.2 Å². The van der Waals surface area contributed by atoms with Gasteiger partial charge in [-0.1, -0.05) is 0 Å². The summed E-state index contributed by atoms with van der Waals surface area (Å²) in [5.41, 5.74) is 1.83. The van der Waals surface area contributed by atoms with Crippen molar-refractivity contribution < 1.29 is 22.7 Å². The van der Waals surface area contributed by atoms with E-state index in [1.54, 1.807) is 12.1 Å². The summed E-state index contributed by atoms with van der Waals surface area (Å²) in [5.74, 6) is 1.02. The number of aliphatic imine (C=N–C) groups is 1. The van der Waals surface area contributed by atoms with Crippen molar-refractivity contribution in [1.82, 2.24) is 10.6 Å². The molecule has 1 heterocycles. The number of nitrogens with one attached hydrogen (secondary N) is 3. The summed E-state index contributed by atoms with van der Waals surface area (Å²) in [6.07, 6.45) is -4.03. The maximum absolute atomic E-state index is 12.2. The number of nitrogens with zero attached hydrogens (tertiary/aromatic N) is 1. The number of aryl methyl sites for hydroxylation is 1. The summed E-state index contributed by atoms with van der Waals surface area (Å²) in [6.45, 7) is 2.79. The van der Waals surface area contributed by atoms with Crippen LogP contribution in [-0.4, -0.2) is 44.3 Å². The van der Waals surface area contributed by atoms with Gasteiger partial charge < -0.3 is 20.7 Å². The molecule has 152 valence electrons. The molecule has 1 aromatic rings. The molecule has 0 bridgehead atoms. The molecule has 10 heteroatoms. The van der Waals surface area contributed by atoms with Gasteiger partial charge in [0.25, 0.3) is 0 Å². The predicted octanol–water partition coefficient (Wildman–Crippen LogP) is 3.08. The van der Waals surface area contributed by atoms with E-state index in [-0.39, 0.29) is 36.4 Å². The molecule has 0 aromatic heterocycles. The van der Waals surface area contributed by atoms with Gasteiger partial charge in [-0.15, -0.1) is 24.0 Å². The van der Waals surface area contributed by atoms with Gasteiger partial charge in [-0.3, -0.25) is 9.79 Å². The fourth-order valence-electron chi connectivity index (χ4n) is 2.42. The molecule has 0 aliphatic carbocycles. The van der Waals surface area contributed by atoms with E-state index in [2.05, 4.69) is 20.9 Å². The Morgan fingerprint density at radius 3 is 2.78 bits per heavy atom. The van der Waals surface area contributed by atoms with Crippen LogP contribution in [0.1, 0.15) is 25.3 Å². The molecule has 27 heavy (non-hydrogen) atoms. The van der Waals surface area contributed by atoms with Crippen LogP contribution in [0.2, 0.25) is 0 Å². The fraction of sp³-hybridized carbons (Fsp3) is 0.529. The Kier molecular flexibility index (Phi) is 9.67. The quantitative estimate of drug-likeness (QED) is 0.233. The van der Waals surface area contributed by atoms with Crippen LogP contribution in [0.15, 0.2) is 23.2 Å². The van der Waals surface area contributed by atoms with Crippen molar-refractivity contribution in [3.8, 4) is 5.75 Å². The van der Waals surface area contributed by atoms with Gasteiger partial charge in [0.15, 0.2) is 5.96 Å². The minimum Gasteiger partial charge on any atom is -0.492 e. The minimum absolute atomic E-state index is 0. The largest absolute Gasteiger partial charge is 0.492 e. The molecule has 3 N–H and O–H groups in total. The second kappa shape index (κ2) is 11.2. The Balaban J connectivity index is 0.00000364. The first kappa shape index (κ1) is 23.3. The van der Waals surface area contributed by atoms with E-state index in [9.17, 15) is 18.0 Å². The zero-order valence-corrected chi connectivity index (χ0v) is 17.3. The first-order valence-corrected chi connectivity index (χ1v) is 8.52.